The van der Waals surface area contributed by atoms with Gasteiger partial charge in [0.2, 0.25) is 0 Å². The molecule has 1 aromatic carbocycles. The third-order valence-electron chi connectivity index (χ3n) is 4.39. The van der Waals surface area contributed by atoms with Crippen LogP contribution in [0.5, 0.6) is 0 Å². The average Bonchev–Trinajstić information content (AvgIpc) is 3.13. The van der Waals surface area contributed by atoms with Crippen LogP contribution in [0.4, 0.5) is 0 Å². The molecule has 2 aromatic rings. The maximum atomic E-state index is 5.86. The summed E-state index contributed by atoms with van der Waals surface area (Å²) in [4.78, 5) is 0. The van der Waals surface area contributed by atoms with Crippen LogP contribution in [0.2, 0.25) is 0 Å². The zero-order valence-electron chi connectivity index (χ0n) is 11.0. The van der Waals surface area contributed by atoms with Gasteiger partial charge in [0.05, 0.1) is 12.3 Å². The van der Waals surface area contributed by atoms with Gasteiger partial charge in [-0.3, -0.25) is 5.84 Å². The van der Waals surface area contributed by atoms with E-state index in [-0.39, 0.29) is 11.5 Å². The molecule has 1 aliphatic carbocycles. The number of hydrazine groups is 1. The third-order valence-corrected chi connectivity index (χ3v) is 4.39. The molecule has 0 aliphatic heterocycles. The van der Waals surface area contributed by atoms with Gasteiger partial charge in [0.15, 0.2) is 0 Å². The van der Waals surface area contributed by atoms with Gasteiger partial charge in [-0.25, -0.2) is 5.43 Å². The molecule has 1 unspecified atom stereocenters. The highest BCUT2D eigenvalue weighted by atomic mass is 16.3. The fraction of sp³-hybridized carbons (Fsp3) is 0.375. The summed E-state index contributed by atoms with van der Waals surface area (Å²) in [5.74, 6) is 6.78. The number of benzene rings is 1. The van der Waals surface area contributed by atoms with E-state index in [2.05, 4.69) is 35.8 Å². The second-order valence-corrected chi connectivity index (χ2v) is 5.34. The van der Waals surface area contributed by atoms with Crippen LogP contribution < -0.4 is 11.3 Å². The van der Waals surface area contributed by atoms with Crippen molar-refractivity contribution in [2.45, 2.75) is 37.1 Å². The number of hydrogen-bond donors (Lipinski definition) is 2. The van der Waals surface area contributed by atoms with Crippen molar-refractivity contribution in [1.82, 2.24) is 5.43 Å². The standard InChI is InChI=1S/C16H20N2O/c17-18-15(14-9-6-12-19-14)16(10-4-5-11-16)13-7-2-1-3-8-13/h1-3,6-9,12,15,18H,4-5,10-11,17H2. The van der Waals surface area contributed by atoms with Crippen LogP contribution in [0, 0.1) is 0 Å². The Hall–Kier alpha value is -1.58. The fourth-order valence-corrected chi connectivity index (χ4v) is 3.49. The van der Waals surface area contributed by atoms with E-state index in [0.717, 1.165) is 18.6 Å². The van der Waals surface area contributed by atoms with Crippen molar-refractivity contribution in [3.63, 3.8) is 0 Å². The first kappa shape index (κ1) is 12.5. The molecule has 1 heterocycles. The molecule has 1 aliphatic rings. The van der Waals surface area contributed by atoms with Crippen molar-refractivity contribution in [2.75, 3.05) is 0 Å². The van der Waals surface area contributed by atoms with E-state index < -0.39 is 0 Å². The number of furan rings is 1. The van der Waals surface area contributed by atoms with Crippen molar-refractivity contribution in [3.05, 3.63) is 60.1 Å². The lowest BCUT2D eigenvalue weighted by molar-refractivity contribution is 0.264. The molecule has 0 amide bonds. The van der Waals surface area contributed by atoms with Crippen molar-refractivity contribution >= 4 is 0 Å². The summed E-state index contributed by atoms with van der Waals surface area (Å²) >= 11 is 0. The Labute approximate surface area is 113 Å². The average molecular weight is 256 g/mol. The Kier molecular flexibility index (Phi) is 3.40. The van der Waals surface area contributed by atoms with Crippen LogP contribution in [0.25, 0.3) is 0 Å². The van der Waals surface area contributed by atoms with Crippen LogP contribution >= 0.6 is 0 Å². The van der Waals surface area contributed by atoms with Crippen LogP contribution in [-0.2, 0) is 5.41 Å². The smallest absolute Gasteiger partial charge is 0.122 e. The fourth-order valence-electron chi connectivity index (χ4n) is 3.49. The van der Waals surface area contributed by atoms with Crippen LogP contribution in [0.1, 0.15) is 43.0 Å². The highest BCUT2D eigenvalue weighted by molar-refractivity contribution is 5.31. The Morgan fingerprint density at radius 2 is 1.79 bits per heavy atom. The van der Waals surface area contributed by atoms with Gasteiger partial charge in [-0.15, -0.1) is 0 Å². The molecule has 0 spiro atoms. The van der Waals surface area contributed by atoms with Gasteiger partial charge in [-0.2, -0.15) is 0 Å². The molecule has 3 N–H and O–H groups in total. The minimum absolute atomic E-state index is 0.0346. The summed E-state index contributed by atoms with van der Waals surface area (Å²) in [6.45, 7) is 0. The number of hydrogen-bond acceptors (Lipinski definition) is 3. The zero-order chi connectivity index (χ0) is 13.1. The molecule has 1 saturated carbocycles. The summed E-state index contributed by atoms with van der Waals surface area (Å²) in [6.07, 6.45) is 6.49. The minimum atomic E-state index is 0.0346. The quantitative estimate of drug-likeness (QED) is 0.652. The second kappa shape index (κ2) is 5.19. The summed E-state index contributed by atoms with van der Waals surface area (Å²) < 4.78 is 5.60. The largest absolute Gasteiger partial charge is 0.468 e. The Balaban J connectivity index is 2.05. The van der Waals surface area contributed by atoms with Crippen molar-refractivity contribution in [1.29, 1.82) is 0 Å². The van der Waals surface area contributed by atoms with Gasteiger partial charge in [0.1, 0.15) is 5.76 Å². The van der Waals surface area contributed by atoms with E-state index in [1.807, 2.05) is 12.1 Å². The van der Waals surface area contributed by atoms with Gasteiger partial charge in [0.25, 0.3) is 0 Å². The van der Waals surface area contributed by atoms with Crippen molar-refractivity contribution in [3.8, 4) is 0 Å². The molecule has 1 aromatic heterocycles. The van der Waals surface area contributed by atoms with Crippen molar-refractivity contribution < 1.29 is 4.42 Å². The lowest BCUT2D eigenvalue weighted by Gasteiger charge is -2.36. The molecule has 3 heteroatoms. The molecule has 0 saturated heterocycles. The Bertz CT molecular complexity index is 501. The SMILES string of the molecule is NNC(c1ccco1)C1(c2ccccc2)CCCC1. The number of nitrogens with one attached hydrogen (secondary N) is 1. The summed E-state index contributed by atoms with van der Waals surface area (Å²) in [5, 5.41) is 0. The highest BCUT2D eigenvalue weighted by Gasteiger charge is 2.44. The van der Waals surface area contributed by atoms with Gasteiger partial charge in [0, 0.05) is 5.41 Å². The third kappa shape index (κ3) is 2.09. The molecule has 1 atom stereocenters. The van der Waals surface area contributed by atoms with Crippen LogP contribution in [-0.4, -0.2) is 0 Å². The van der Waals surface area contributed by atoms with E-state index >= 15 is 0 Å². The summed E-state index contributed by atoms with van der Waals surface area (Å²) in [6, 6.07) is 14.6. The highest BCUT2D eigenvalue weighted by Crippen LogP contribution is 2.49. The first-order valence-corrected chi connectivity index (χ1v) is 6.92. The summed E-state index contributed by atoms with van der Waals surface area (Å²) in [5.41, 5.74) is 4.39. The van der Waals surface area contributed by atoms with Gasteiger partial charge in [-0.1, -0.05) is 43.2 Å². The molecule has 1 fully saturated rings. The molecular formula is C16H20N2O. The predicted molar refractivity (Wildman–Crippen MR) is 75.4 cm³/mol. The molecule has 3 rings (SSSR count). The normalized spacial score (nSPS) is 19.4. The zero-order valence-corrected chi connectivity index (χ0v) is 11.0. The second-order valence-electron chi connectivity index (χ2n) is 5.34. The molecule has 0 bridgehead atoms. The lowest BCUT2D eigenvalue weighted by atomic mass is 9.72. The first-order valence-electron chi connectivity index (χ1n) is 6.92. The molecule has 0 radical (unpaired) electrons. The van der Waals surface area contributed by atoms with E-state index in [4.69, 9.17) is 10.3 Å². The van der Waals surface area contributed by atoms with Crippen molar-refractivity contribution in [2.24, 2.45) is 5.84 Å². The lowest BCUT2D eigenvalue weighted by Crippen LogP contribution is -2.43. The van der Waals surface area contributed by atoms with Gasteiger partial charge >= 0.3 is 0 Å². The Morgan fingerprint density at radius 3 is 2.37 bits per heavy atom. The maximum Gasteiger partial charge on any atom is 0.122 e. The van der Waals surface area contributed by atoms with Gasteiger partial charge in [-0.05, 0) is 30.5 Å². The van der Waals surface area contributed by atoms with Crippen LogP contribution in [0.3, 0.4) is 0 Å². The topological polar surface area (TPSA) is 51.2 Å². The van der Waals surface area contributed by atoms with E-state index in [0.29, 0.717) is 0 Å². The van der Waals surface area contributed by atoms with E-state index in [1.54, 1.807) is 6.26 Å². The van der Waals surface area contributed by atoms with E-state index in [1.165, 1.54) is 18.4 Å². The molecule has 19 heavy (non-hydrogen) atoms. The van der Waals surface area contributed by atoms with Crippen LogP contribution in [0.15, 0.2) is 53.1 Å². The number of rotatable bonds is 4. The maximum absolute atomic E-state index is 5.86. The van der Waals surface area contributed by atoms with Gasteiger partial charge < -0.3 is 4.42 Å². The molecular weight excluding hydrogens is 236 g/mol. The Morgan fingerprint density at radius 1 is 1.05 bits per heavy atom. The van der Waals surface area contributed by atoms with E-state index in [9.17, 15) is 0 Å². The molecule has 100 valence electrons. The monoisotopic (exact) mass is 256 g/mol. The molecule has 3 nitrogen and oxygen atoms in total. The number of nitrogens with two attached hydrogens (primary N) is 1. The summed E-state index contributed by atoms with van der Waals surface area (Å²) in [7, 11) is 0. The minimum Gasteiger partial charge on any atom is -0.468 e. The first-order chi connectivity index (χ1) is 9.37. The predicted octanol–water partition coefficient (Wildman–Crippen LogP) is 3.30.